The van der Waals surface area contributed by atoms with Gasteiger partial charge in [0.2, 0.25) is 0 Å². The maximum absolute atomic E-state index is 13.5. The molecule has 3 atom stereocenters. The van der Waals surface area contributed by atoms with E-state index in [9.17, 15) is 9.18 Å². The minimum atomic E-state index is -0.514. The van der Waals surface area contributed by atoms with Crippen molar-refractivity contribution in [1.82, 2.24) is 10.2 Å². The second-order valence-corrected chi connectivity index (χ2v) is 7.71. The van der Waals surface area contributed by atoms with E-state index in [2.05, 4.69) is 17.4 Å². The summed E-state index contributed by atoms with van der Waals surface area (Å²) >= 11 is 0. The first kappa shape index (κ1) is 20.0. The van der Waals surface area contributed by atoms with Crippen molar-refractivity contribution < 1.29 is 19.0 Å². The Hall–Kier alpha value is -2.28. The molecule has 0 aliphatic carbocycles. The number of amides is 1. The number of halogens is 1. The van der Waals surface area contributed by atoms with Crippen molar-refractivity contribution in [3.05, 3.63) is 71.0 Å². The van der Waals surface area contributed by atoms with E-state index in [-0.39, 0.29) is 30.4 Å². The highest BCUT2D eigenvalue weighted by Crippen LogP contribution is 2.36. The van der Waals surface area contributed by atoms with Gasteiger partial charge in [-0.3, -0.25) is 4.79 Å². The lowest BCUT2D eigenvalue weighted by atomic mass is 9.87. The summed E-state index contributed by atoms with van der Waals surface area (Å²) in [5.74, 6) is -0.316. The van der Waals surface area contributed by atoms with Crippen LogP contribution < -0.4 is 5.32 Å². The number of carbonyl (C=O) groups excluding carboxylic acids is 1. The van der Waals surface area contributed by atoms with Crippen LogP contribution in [0, 0.1) is 5.82 Å². The SMILES string of the molecule is O=C([C@H]1CCN[C@@H](CCO)CO1)N1CCc2ccccc2[C@@H]1c1ccc(F)cc1. The first-order valence-corrected chi connectivity index (χ1v) is 10.3. The summed E-state index contributed by atoms with van der Waals surface area (Å²) in [7, 11) is 0. The topological polar surface area (TPSA) is 61.8 Å². The molecule has 1 saturated heterocycles. The Labute approximate surface area is 170 Å². The molecule has 1 fully saturated rings. The van der Waals surface area contributed by atoms with Gasteiger partial charge in [-0.1, -0.05) is 36.4 Å². The fraction of sp³-hybridized carbons (Fsp3) is 0.435. The Morgan fingerprint density at radius 3 is 2.79 bits per heavy atom. The monoisotopic (exact) mass is 398 g/mol. The minimum absolute atomic E-state index is 0.0275. The van der Waals surface area contributed by atoms with E-state index in [1.165, 1.54) is 17.7 Å². The third-order valence-electron chi connectivity index (χ3n) is 5.84. The third-order valence-corrected chi connectivity index (χ3v) is 5.84. The normalized spacial score (nSPS) is 24.6. The van der Waals surface area contributed by atoms with E-state index in [1.807, 2.05) is 17.0 Å². The summed E-state index contributed by atoms with van der Waals surface area (Å²) in [5, 5.41) is 12.5. The number of hydrogen-bond acceptors (Lipinski definition) is 4. The zero-order valence-corrected chi connectivity index (χ0v) is 16.4. The Kier molecular flexibility index (Phi) is 6.23. The van der Waals surface area contributed by atoms with Crippen LogP contribution in [0.5, 0.6) is 0 Å². The zero-order valence-electron chi connectivity index (χ0n) is 16.4. The van der Waals surface area contributed by atoms with Crippen molar-refractivity contribution in [1.29, 1.82) is 0 Å². The van der Waals surface area contributed by atoms with Crippen molar-refractivity contribution >= 4 is 5.91 Å². The maximum atomic E-state index is 13.5. The molecular formula is C23H27FN2O3. The fourth-order valence-corrected chi connectivity index (χ4v) is 4.32. The standard InChI is InChI=1S/C23H27FN2O3/c24-18-7-5-17(6-8-18)22-20-4-2-1-3-16(20)10-13-26(22)23(28)21-9-12-25-19(11-14-27)15-29-21/h1-8,19,21-22,25,27H,9-15H2/t19-,21+,22-/m0/s1. The van der Waals surface area contributed by atoms with Gasteiger partial charge in [-0.05, 0) is 54.6 Å². The summed E-state index contributed by atoms with van der Waals surface area (Å²) in [6.45, 7) is 1.77. The molecular weight excluding hydrogens is 371 g/mol. The lowest BCUT2D eigenvalue weighted by Crippen LogP contribution is -2.46. The van der Waals surface area contributed by atoms with Gasteiger partial charge in [0.15, 0.2) is 0 Å². The number of aliphatic hydroxyl groups is 1. The average molecular weight is 398 g/mol. The van der Waals surface area contributed by atoms with E-state index in [1.54, 1.807) is 12.1 Å². The number of ether oxygens (including phenoxy) is 1. The molecule has 0 aromatic heterocycles. The number of rotatable bonds is 4. The molecule has 2 heterocycles. The van der Waals surface area contributed by atoms with Crippen molar-refractivity contribution in [3.63, 3.8) is 0 Å². The lowest BCUT2D eigenvalue weighted by Gasteiger charge is -2.39. The second kappa shape index (κ2) is 9.03. The number of benzene rings is 2. The molecule has 154 valence electrons. The summed E-state index contributed by atoms with van der Waals surface area (Å²) in [5.41, 5.74) is 3.21. The van der Waals surface area contributed by atoms with E-state index in [0.29, 0.717) is 32.5 Å². The molecule has 5 nitrogen and oxygen atoms in total. The van der Waals surface area contributed by atoms with Gasteiger partial charge in [-0.2, -0.15) is 0 Å². The van der Waals surface area contributed by atoms with E-state index >= 15 is 0 Å². The fourth-order valence-electron chi connectivity index (χ4n) is 4.32. The molecule has 0 spiro atoms. The summed E-state index contributed by atoms with van der Waals surface area (Å²) in [4.78, 5) is 15.4. The molecule has 2 aliphatic heterocycles. The van der Waals surface area contributed by atoms with Crippen LogP contribution in [0.25, 0.3) is 0 Å². The highest BCUT2D eigenvalue weighted by molar-refractivity contribution is 5.82. The molecule has 1 amide bonds. The van der Waals surface area contributed by atoms with Gasteiger partial charge in [0.25, 0.3) is 5.91 Å². The van der Waals surface area contributed by atoms with Crippen molar-refractivity contribution in [2.24, 2.45) is 0 Å². The molecule has 29 heavy (non-hydrogen) atoms. The summed E-state index contributed by atoms with van der Waals surface area (Å²) in [6, 6.07) is 14.4. The predicted octanol–water partition coefficient (Wildman–Crippen LogP) is 2.43. The minimum Gasteiger partial charge on any atom is -0.396 e. The van der Waals surface area contributed by atoms with Crippen LogP contribution >= 0.6 is 0 Å². The van der Waals surface area contributed by atoms with Gasteiger partial charge < -0.3 is 20.1 Å². The molecule has 6 heteroatoms. The average Bonchev–Trinajstić information content (AvgIpc) is 2.99. The van der Waals surface area contributed by atoms with Gasteiger partial charge in [-0.15, -0.1) is 0 Å². The van der Waals surface area contributed by atoms with Gasteiger partial charge in [-0.25, -0.2) is 4.39 Å². The van der Waals surface area contributed by atoms with Crippen molar-refractivity contribution in [3.8, 4) is 0 Å². The van der Waals surface area contributed by atoms with Crippen molar-refractivity contribution in [2.45, 2.75) is 37.5 Å². The molecule has 0 saturated carbocycles. The largest absolute Gasteiger partial charge is 0.396 e. The van der Waals surface area contributed by atoms with Crippen LogP contribution in [0.4, 0.5) is 4.39 Å². The molecule has 2 aliphatic rings. The molecule has 2 aromatic carbocycles. The van der Waals surface area contributed by atoms with E-state index in [4.69, 9.17) is 9.84 Å². The number of nitrogens with zero attached hydrogens (tertiary/aromatic N) is 1. The summed E-state index contributed by atoms with van der Waals surface area (Å²) in [6.07, 6.45) is 1.47. The quantitative estimate of drug-likeness (QED) is 0.831. The van der Waals surface area contributed by atoms with Gasteiger partial charge in [0.05, 0.1) is 12.6 Å². The number of carbonyl (C=O) groups is 1. The molecule has 0 unspecified atom stereocenters. The lowest BCUT2D eigenvalue weighted by molar-refractivity contribution is -0.146. The van der Waals surface area contributed by atoms with Crippen LogP contribution in [0.15, 0.2) is 48.5 Å². The van der Waals surface area contributed by atoms with Crippen molar-refractivity contribution in [2.75, 3.05) is 26.3 Å². The van der Waals surface area contributed by atoms with E-state index in [0.717, 1.165) is 17.5 Å². The number of hydrogen-bond donors (Lipinski definition) is 2. The highest BCUT2D eigenvalue weighted by Gasteiger charge is 2.36. The van der Waals surface area contributed by atoms with Crippen LogP contribution in [0.3, 0.4) is 0 Å². The molecule has 2 N–H and O–H groups in total. The Morgan fingerprint density at radius 1 is 1.21 bits per heavy atom. The van der Waals surface area contributed by atoms with Crippen LogP contribution in [0.2, 0.25) is 0 Å². The van der Waals surface area contributed by atoms with Crippen LogP contribution in [0.1, 0.15) is 35.6 Å². The van der Waals surface area contributed by atoms with Crippen LogP contribution in [-0.2, 0) is 16.0 Å². The predicted molar refractivity (Wildman–Crippen MR) is 108 cm³/mol. The Morgan fingerprint density at radius 2 is 2.00 bits per heavy atom. The smallest absolute Gasteiger partial charge is 0.252 e. The number of nitrogens with one attached hydrogen (secondary N) is 1. The van der Waals surface area contributed by atoms with Gasteiger partial charge in [0.1, 0.15) is 11.9 Å². The van der Waals surface area contributed by atoms with E-state index < -0.39 is 6.10 Å². The third kappa shape index (κ3) is 4.34. The molecule has 0 bridgehead atoms. The molecule has 4 rings (SSSR count). The number of aliphatic hydroxyl groups excluding tert-OH is 1. The first-order valence-electron chi connectivity index (χ1n) is 10.3. The van der Waals surface area contributed by atoms with Gasteiger partial charge >= 0.3 is 0 Å². The zero-order chi connectivity index (χ0) is 20.2. The second-order valence-electron chi connectivity index (χ2n) is 7.71. The van der Waals surface area contributed by atoms with Gasteiger partial charge in [0, 0.05) is 19.2 Å². The summed E-state index contributed by atoms with van der Waals surface area (Å²) < 4.78 is 19.5. The van der Waals surface area contributed by atoms with Crippen LogP contribution in [-0.4, -0.2) is 54.4 Å². The first-order chi connectivity index (χ1) is 14.2. The molecule has 0 radical (unpaired) electrons. The molecule has 2 aromatic rings. The Bertz CT molecular complexity index is 842. The Balaban J connectivity index is 1.61. The number of fused-ring (bicyclic) bond motifs is 1. The highest BCUT2D eigenvalue weighted by atomic mass is 19.1. The maximum Gasteiger partial charge on any atom is 0.252 e.